The fourth-order valence-corrected chi connectivity index (χ4v) is 0.291. The summed E-state index contributed by atoms with van der Waals surface area (Å²) in [5.74, 6) is 0. The maximum Gasteiger partial charge on any atom is 1.00 e. The normalized spacial score (nSPS) is 13.9. The molecular weight excluding hydrogens is 172 g/mol. The van der Waals surface area contributed by atoms with Crippen molar-refractivity contribution in [1.29, 1.82) is 0 Å². The highest BCUT2D eigenvalue weighted by Crippen LogP contribution is 1.87. The van der Waals surface area contributed by atoms with E-state index >= 15 is 0 Å². The van der Waals surface area contributed by atoms with Crippen molar-refractivity contribution in [3.8, 4) is 0 Å². The van der Waals surface area contributed by atoms with Crippen LogP contribution >= 0.6 is 0 Å². The monoisotopic (exact) mass is 178 g/mol. The zero-order valence-corrected chi connectivity index (χ0v) is 6.41. The third-order valence-electron chi connectivity index (χ3n) is 0.580. The van der Waals surface area contributed by atoms with Gasteiger partial charge in [-0.2, -0.15) is 4.90 Å². The Morgan fingerprint density at radius 2 is 2.09 bits per heavy atom. The third-order valence-corrected chi connectivity index (χ3v) is 0.580. The lowest BCUT2D eigenvalue weighted by molar-refractivity contribution is 0.352. The van der Waals surface area contributed by atoms with E-state index in [1.54, 1.807) is 11.1 Å². The van der Waals surface area contributed by atoms with E-state index in [9.17, 15) is 0 Å². The summed E-state index contributed by atoms with van der Waals surface area (Å²) in [5.41, 5.74) is 0. The molecule has 7 heteroatoms. The van der Waals surface area contributed by atoms with E-state index in [1.807, 2.05) is 13.2 Å². The van der Waals surface area contributed by atoms with Crippen LogP contribution in [0.25, 0.3) is 0 Å². The van der Waals surface area contributed by atoms with Crippen molar-refractivity contribution >= 4 is 16.7 Å². The van der Waals surface area contributed by atoms with Crippen molar-refractivity contribution in [2.75, 3.05) is 7.05 Å². The number of hydrogen-bond acceptors (Lipinski definition) is 6. The molecule has 0 saturated heterocycles. The van der Waals surface area contributed by atoms with Gasteiger partial charge in [0.15, 0.2) is 6.20 Å². The van der Waals surface area contributed by atoms with Gasteiger partial charge in [-0.3, -0.25) is 8.42 Å². The molecule has 0 N–H and O–H groups in total. The van der Waals surface area contributed by atoms with Crippen molar-refractivity contribution in [2.24, 2.45) is 4.99 Å². The molecule has 0 aliphatic carbocycles. The first-order valence-electron chi connectivity index (χ1n) is 2.41. The molecule has 0 radical (unpaired) electrons. The summed E-state index contributed by atoms with van der Waals surface area (Å²) in [6, 6.07) is 0. The molecule has 0 aromatic carbocycles. The van der Waals surface area contributed by atoms with Crippen LogP contribution in [0.2, 0.25) is 0 Å². The van der Waals surface area contributed by atoms with Gasteiger partial charge in [0.1, 0.15) is 0 Å². The molecule has 0 unspecified atom stereocenters. The lowest BCUT2D eigenvalue weighted by atomic mass is 10.9. The first-order valence-corrected chi connectivity index (χ1v) is 3.74. The van der Waals surface area contributed by atoms with Gasteiger partial charge in [0, 0.05) is 17.4 Å². The van der Waals surface area contributed by atoms with E-state index < -0.39 is 10.4 Å². The van der Waals surface area contributed by atoms with Crippen LogP contribution in [0.5, 0.6) is 0 Å². The van der Waals surface area contributed by atoms with Crippen molar-refractivity contribution in [2.45, 2.75) is 0 Å². The molecular formula is C4H6N2O4S. The van der Waals surface area contributed by atoms with Gasteiger partial charge in [-0.15, -0.1) is 0 Å². The summed E-state index contributed by atoms with van der Waals surface area (Å²) < 4.78 is 34.1. The molecule has 0 saturated carbocycles. The number of nitrogens with zero attached hydrogens (tertiary/aromatic N) is 2. The standard InChI is InChI=1S/C4H5N2.H2O4S/c1-6-3-2-5-4-6;1-5(2,3)4/h2-3H,1H3;(H2,1,2,3,4)/q+1;/p-1. The van der Waals surface area contributed by atoms with Crippen molar-refractivity contribution in [3.05, 3.63) is 12.4 Å². The fraction of sp³-hybridized carbons (Fsp3) is 0.250. The average Bonchev–Trinajstić information content (AvgIpc) is 2.12. The molecule has 1 aliphatic rings. The van der Waals surface area contributed by atoms with Gasteiger partial charge < -0.3 is 9.11 Å². The Labute approximate surface area is 65.9 Å². The second kappa shape index (κ2) is 3.99. The molecule has 0 atom stereocenters. The number of hydrogen-bond donors (Lipinski definition) is 0. The summed E-state index contributed by atoms with van der Waals surface area (Å²) in [6.07, 6.45) is 6.19. The van der Waals surface area contributed by atoms with Gasteiger partial charge in [-0.25, -0.2) is 0 Å². The molecule has 1 aliphatic heterocycles. The fourth-order valence-electron chi connectivity index (χ4n) is 0.291. The van der Waals surface area contributed by atoms with Gasteiger partial charge in [0.2, 0.25) is 6.20 Å². The van der Waals surface area contributed by atoms with E-state index in [1.165, 1.54) is 0 Å². The Bertz CT molecular complexity index is 240. The van der Waals surface area contributed by atoms with Crippen molar-refractivity contribution in [3.63, 3.8) is 0 Å². The minimum absolute atomic E-state index is 0. The summed E-state index contributed by atoms with van der Waals surface area (Å²) in [7, 11) is -3.28. The number of aliphatic imine (C=N–C) groups is 1. The van der Waals surface area contributed by atoms with Crippen LogP contribution in [-0.4, -0.2) is 35.8 Å². The van der Waals surface area contributed by atoms with E-state index in [4.69, 9.17) is 17.5 Å². The van der Waals surface area contributed by atoms with Crippen molar-refractivity contribution in [1.82, 2.24) is 4.90 Å². The van der Waals surface area contributed by atoms with Gasteiger partial charge in [0.25, 0.3) is 6.34 Å². The predicted octanol–water partition coefficient (Wildman–Crippen LogP) is -0.917. The molecule has 0 amide bonds. The van der Waals surface area contributed by atoms with Crippen LogP contribution in [0.3, 0.4) is 0 Å². The lowest BCUT2D eigenvalue weighted by Crippen LogP contribution is -2.01. The predicted molar refractivity (Wildman–Crippen MR) is 35.9 cm³/mol. The van der Waals surface area contributed by atoms with E-state index in [0.29, 0.717) is 0 Å². The summed E-state index contributed by atoms with van der Waals surface area (Å²) in [6.45, 7) is 0. The highest BCUT2D eigenvalue weighted by Gasteiger charge is 1.99. The zero-order chi connectivity index (χ0) is 8.91. The molecule has 62 valence electrons. The van der Waals surface area contributed by atoms with Crippen LogP contribution in [0.15, 0.2) is 17.4 Å². The van der Waals surface area contributed by atoms with Crippen LogP contribution in [0.1, 0.15) is 1.43 Å². The topological polar surface area (TPSA) is 95.9 Å². The van der Waals surface area contributed by atoms with Crippen molar-refractivity contribution < 1.29 is 18.9 Å². The maximum atomic E-state index is 8.52. The van der Waals surface area contributed by atoms with Gasteiger partial charge in [0.05, 0.1) is 0 Å². The Balaban J connectivity index is 0. The molecule has 1 heterocycles. The zero-order valence-electron chi connectivity index (χ0n) is 6.59. The first-order chi connectivity index (χ1) is 4.89. The average molecular weight is 178 g/mol. The minimum Gasteiger partial charge on any atom is -0.759 e. The van der Waals surface area contributed by atoms with E-state index in [0.717, 1.165) is 0 Å². The second-order valence-corrected chi connectivity index (χ2v) is 2.36. The summed E-state index contributed by atoms with van der Waals surface area (Å²) in [5, 5.41) is 0. The van der Waals surface area contributed by atoms with E-state index in [2.05, 4.69) is 11.3 Å². The van der Waals surface area contributed by atoms with Crippen LogP contribution in [-0.2, 0) is 10.4 Å². The van der Waals surface area contributed by atoms with E-state index in [-0.39, 0.29) is 1.43 Å². The van der Waals surface area contributed by atoms with Crippen LogP contribution in [0, 0.1) is 0 Å². The number of rotatable bonds is 0. The molecule has 0 aromatic rings. The Kier molecular flexibility index (Phi) is 3.63. The quantitative estimate of drug-likeness (QED) is 0.271. The lowest BCUT2D eigenvalue weighted by Gasteiger charge is -2.06. The third kappa shape index (κ3) is 12.2. The van der Waals surface area contributed by atoms with Gasteiger partial charge in [-0.05, 0) is 4.99 Å². The highest BCUT2D eigenvalue weighted by molar-refractivity contribution is 7.79. The minimum atomic E-state index is -5.17. The van der Waals surface area contributed by atoms with Gasteiger partial charge in [-0.1, -0.05) is 0 Å². The molecule has 0 fully saturated rings. The SMILES string of the molecule is CN1[C+]=NC=C1.O=S(=O)([O-])[O-].[H+]. The Hall–Kier alpha value is -1.01. The molecule has 0 aromatic heterocycles. The highest BCUT2D eigenvalue weighted by atomic mass is 32.3. The Morgan fingerprint density at radius 1 is 1.64 bits per heavy atom. The molecule has 11 heavy (non-hydrogen) atoms. The maximum absolute atomic E-state index is 8.52. The second-order valence-electron chi connectivity index (χ2n) is 1.55. The summed E-state index contributed by atoms with van der Waals surface area (Å²) in [4.78, 5) is 5.42. The first kappa shape index (κ1) is 9.99. The molecule has 0 spiro atoms. The van der Waals surface area contributed by atoms with Crippen LogP contribution in [0.4, 0.5) is 0 Å². The molecule has 0 bridgehead atoms. The molecule has 6 nitrogen and oxygen atoms in total. The van der Waals surface area contributed by atoms with Gasteiger partial charge >= 0.3 is 1.43 Å². The largest absolute Gasteiger partial charge is 1.00 e. The molecule has 1 rings (SSSR count). The Morgan fingerprint density at radius 3 is 2.18 bits per heavy atom. The van der Waals surface area contributed by atoms with Crippen LogP contribution < -0.4 is 0 Å². The smallest absolute Gasteiger partial charge is 0.759 e. The summed E-state index contributed by atoms with van der Waals surface area (Å²) >= 11 is 0.